The number of halogens is 1. The van der Waals surface area contributed by atoms with Gasteiger partial charge in [-0.05, 0) is 29.6 Å². The molecule has 1 saturated heterocycles. The molecule has 0 aromatic heterocycles. The number of aliphatic hydroxyl groups excluding tert-OH is 2. The molecule has 2 unspecified atom stereocenters. The minimum Gasteiger partial charge on any atom is -0.393 e. The number of alkyl halides is 1. The van der Waals surface area contributed by atoms with Crippen LogP contribution in [0.3, 0.4) is 0 Å². The molecule has 0 aliphatic carbocycles. The van der Waals surface area contributed by atoms with Crippen LogP contribution in [0.5, 0.6) is 0 Å². The molecule has 0 aromatic carbocycles. The Labute approximate surface area is 166 Å². The van der Waals surface area contributed by atoms with Crippen LogP contribution in [-0.2, 0) is 4.74 Å². The van der Waals surface area contributed by atoms with Crippen LogP contribution in [0.25, 0.3) is 0 Å². The van der Waals surface area contributed by atoms with E-state index in [9.17, 15) is 5.11 Å². The topological polar surface area (TPSA) is 53.0 Å². The molecule has 1 aliphatic heterocycles. The Hall–Kier alpha value is 0.360. The monoisotopic (exact) mass is 424 g/mol. The summed E-state index contributed by atoms with van der Waals surface area (Å²) in [6.07, 6.45) is -0.343. The van der Waals surface area contributed by atoms with E-state index in [4.69, 9.17) is 9.84 Å². The Morgan fingerprint density at radius 1 is 0.680 bits per heavy atom. The van der Waals surface area contributed by atoms with Crippen LogP contribution < -0.4 is 0 Å². The largest absolute Gasteiger partial charge is 0.393 e. The summed E-state index contributed by atoms with van der Waals surface area (Å²) >= 11 is 3.29. The summed E-state index contributed by atoms with van der Waals surface area (Å²) in [4.78, 5) is 0.211. The molecular formula is C21H45BrO3. The van der Waals surface area contributed by atoms with Crippen molar-refractivity contribution in [2.24, 2.45) is 29.6 Å². The van der Waals surface area contributed by atoms with Crippen LogP contribution in [0.4, 0.5) is 0 Å². The van der Waals surface area contributed by atoms with Crippen molar-refractivity contribution in [3.8, 4) is 0 Å². The van der Waals surface area contributed by atoms with Gasteiger partial charge in [-0.3, -0.25) is 0 Å². The molecule has 1 aliphatic rings. The fourth-order valence-electron chi connectivity index (χ4n) is 2.72. The number of aliphatic hydroxyl groups is 2. The van der Waals surface area contributed by atoms with E-state index in [1.54, 1.807) is 0 Å². The van der Waals surface area contributed by atoms with Gasteiger partial charge in [0.1, 0.15) is 0 Å². The van der Waals surface area contributed by atoms with E-state index in [0.717, 1.165) is 6.61 Å². The van der Waals surface area contributed by atoms with Crippen LogP contribution in [0.15, 0.2) is 0 Å². The van der Waals surface area contributed by atoms with Gasteiger partial charge < -0.3 is 14.9 Å². The molecule has 0 radical (unpaired) electrons. The first-order chi connectivity index (χ1) is 11.2. The molecule has 0 saturated carbocycles. The summed E-state index contributed by atoms with van der Waals surface area (Å²) in [6.45, 7) is 24.0. The molecule has 0 amide bonds. The summed E-state index contributed by atoms with van der Waals surface area (Å²) in [6, 6.07) is 0. The normalized spacial score (nSPS) is 18.2. The molecule has 0 bridgehead atoms. The van der Waals surface area contributed by atoms with Gasteiger partial charge in [0, 0.05) is 4.83 Å². The van der Waals surface area contributed by atoms with Gasteiger partial charge in [-0.2, -0.15) is 0 Å². The molecule has 1 rings (SSSR count). The van der Waals surface area contributed by atoms with E-state index in [-0.39, 0.29) is 22.6 Å². The predicted molar refractivity (Wildman–Crippen MR) is 113 cm³/mol. The third-order valence-corrected chi connectivity index (χ3v) is 5.49. The number of epoxide rings is 1. The van der Waals surface area contributed by atoms with E-state index in [1.807, 2.05) is 48.5 Å². The predicted octanol–water partition coefficient (Wildman–Crippen LogP) is 5.51. The van der Waals surface area contributed by atoms with Crippen molar-refractivity contribution in [2.75, 3.05) is 6.61 Å². The summed E-state index contributed by atoms with van der Waals surface area (Å²) in [5.74, 6) is 2.50. The maximum Gasteiger partial charge on any atom is 0.0961 e. The van der Waals surface area contributed by atoms with Crippen molar-refractivity contribution in [3.05, 3.63) is 0 Å². The molecule has 2 N–H and O–H groups in total. The van der Waals surface area contributed by atoms with Gasteiger partial charge >= 0.3 is 0 Å². The lowest BCUT2D eigenvalue weighted by Crippen LogP contribution is -2.25. The zero-order chi connectivity index (χ0) is 20.5. The summed E-state index contributed by atoms with van der Waals surface area (Å²) < 4.78 is 5.42. The SMILES string of the molecule is CC(C)C(O)C(C)Br.CC(C)C(O)C(C)C.CC(C)C1(C(C)C)CO1. The quantitative estimate of drug-likeness (QED) is 0.436. The Kier molecular flexibility index (Phi) is 14.0. The maximum atomic E-state index is 9.20. The minimum absolute atomic E-state index is 0.130. The lowest BCUT2D eigenvalue weighted by atomic mass is 9.86. The van der Waals surface area contributed by atoms with Crippen molar-refractivity contribution in [1.82, 2.24) is 0 Å². The standard InChI is InChI=1S/C8H16O.C7H16O.C6H13BrO/c1-6(2)8(5-9-8)7(3)4;1-5(2)7(8)6(3)4;1-4(2)6(8)5(3)7/h6-7H,5H2,1-4H3;5-8H,1-4H3;4-6,8H,1-3H3. The molecule has 25 heavy (non-hydrogen) atoms. The van der Waals surface area contributed by atoms with Crippen LogP contribution in [-0.4, -0.2) is 39.5 Å². The molecule has 1 heterocycles. The second-order valence-corrected chi connectivity index (χ2v) is 10.4. The van der Waals surface area contributed by atoms with E-state index >= 15 is 0 Å². The van der Waals surface area contributed by atoms with Gasteiger partial charge in [0.15, 0.2) is 0 Å². The third kappa shape index (κ3) is 10.9. The number of ether oxygens (including phenoxy) is 1. The Balaban J connectivity index is 0. The van der Waals surface area contributed by atoms with Gasteiger partial charge in [0.2, 0.25) is 0 Å². The van der Waals surface area contributed by atoms with Crippen LogP contribution in [0.2, 0.25) is 0 Å². The Morgan fingerprint density at radius 2 is 0.960 bits per heavy atom. The van der Waals surface area contributed by atoms with Gasteiger partial charge in [-0.15, -0.1) is 0 Å². The second kappa shape index (κ2) is 12.7. The van der Waals surface area contributed by atoms with Crippen LogP contribution in [0.1, 0.15) is 76.2 Å². The van der Waals surface area contributed by atoms with Gasteiger partial charge in [-0.25, -0.2) is 0 Å². The summed E-state index contributed by atoms with van der Waals surface area (Å²) in [5.41, 5.74) is 0.250. The second-order valence-electron chi connectivity index (χ2n) is 8.94. The lowest BCUT2D eigenvalue weighted by molar-refractivity contribution is 0.0801. The highest BCUT2D eigenvalue weighted by molar-refractivity contribution is 9.09. The first-order valence-corrected chi connectivity index (χ1v) is 10.8. The average Bonchev–Trinajstić information content (AvgIpc) is 3.28. The number of hydrogen-bond acceptors (Lipinski definition) is 3. The number of rotatable bonds is 6. The molecule has 1 fully saturated rings. The van der Waals surface area contributed by atoms with E-state index in [1.165, 1.54) is 0 Å². The van der Waals surface area contributed by atoms with Gasteiger partial charge in [0.25, 0.3) is 0 Å². The van der Waals surface area contributed by atoms with Gasteiger partial charge in [-0.1, -0.05) is 92.1 Å². The Bertz CT molecular complexity index is 277. The van der Waals surface area contributed by atoms with Crippen LogP contribution >= 0.6 is 15.9 Å². The minimum atomic E-state index is -0.213. The highest BCUT2D eigenvalue weighted by atomic mass is 79.9. The first kappa shape index (κ1) is 27.6. The smallest absolute Gasteiger partial charge is 0.0961 e. The van der Waals surface area contributed by atoms with E-state index in [0.29, 0.717) is 29.6 Å². The summed E-state index contributed by atoms with van der Waals surface area (Å²) in [5, 5.41) is 18.4. The van der Waals surface area contributed by atoms with Crippen molar-refractivity contribution in [1.29, 1.82) is 0 Å². The first-order valence-electron chi connectivity index (χ1n) is 9.84. The zero-order valence-electron chi connectivity index (χ0n) is 18.5. The van der Waals surface area contributed by atoms with Crippen LogP contribution in [0, 0.1) is 29.6 Å². The Morgan fingerprint density at radius 3 is 0.960 bits per heavy atom. The maximum absolute atomic E-state index is 9.20. The fourth-order valence-corrected chi connectivity index (χ4v) is 3.33. The lowest BCUT2D eigenvalue weighted by Gasteiger charge is -2.19. The third-order valence-electron chi connectivity index (χ3n) is 4.95. The number of hydrogen-bond donors (Lipinski definition) is 2. The average molecular weight is 425 g/mol. The molecule has 2 atom stereocenters. The van der Waals surface area contributed by atoms with Crippen molar-refractivity contribution >= 4 is 15.9 Å². The zero-order valence-corrected chi connectivity index (χ0v) is 20.1. The highest BCUT2D eigenvalue weighted by Crippen LogP contribution is 2.41. The fraction of sp³-hybridized carbons (Fsp3) is 1.00. The molecule has 4 heteroatoms. The van der Waals surface area contributed by atoms with Gasteiger partial charge in [0.05, 0.1) is 24.4 Å². The molecule has 0 aromatic rings. The van der Waals surface area contributed by atoms with Crippen molar-refractivity contribution in [3.63, 3.8) is 0 Å². The highest BCUT2D eigenvalue weighted by Gasteiger charge is 2.49. The summed E-state index contributed by atoms with van der Waals surface area (Å²) in [7, 11) is 0. The van der Waals surface area contributed by atoms with E-state index in [2.05, 4.69) is 43.6 Å². The van der Waals surface area contributed by atoms with Crippen molar-refractivity contribution < 1.29 is 14.9 Å². The molecule has 3 nitrogen and oxygen atoms in total. The molecular weight excluding hydrogens is 380 g/mol. The van der Waals surface area contributed by atoms with Crippen molar-refractivity contribution in [2.45, 2.75) is 98.8 Å². The van der Waals surface area contributed by atoms with E-state index < -0.39 is 0 Å². The molecule has 154 valence electrons. The molecule has 0 spiro atoms.